The molecule has 136 valence electrons. The predicted molar refractivity (Wildman–Crippen MR) is 106 cm³/mol. The third-order valence-corrected chi connectivity index (χ3v) is 6.66. The minimum atomic E-state index is 0.653. The first-order chi connectivity index (χ1) is 12.3. The van der Waals surface area contributed by atoms with Crippen molar-refractivity contribution < 1.29 is 4.74 Å². The van der Waals surface area contributed by atoms with Crippen molar-refractivity contribution in [3.05, 3.63) is 23.2 Å². The zero-order chi connectivity index (χ0) is 17.1. The van der Waals surface area contributed by atoms with E-state index in [9.17, 15) is 0 Å². The number of fused-ring (bicyclic) bond motifs is 1. The second-order valence-electron chi connectivity index (χ2n) is 7.20. The van der Waals surface area contributed by atoms with Gasteiger partial charge >= 0.3 is 0 Å². The van der Waals surface area contributed by atoms with Crippen LogP contribution < -0.4 is 10.2 Å². The third-order valence-electron chi connectivity index (χ3n) is 5.35. The fourth-order valence-electron chi connectivity index (χ4n) is 3.80. The Morgan fingerprint density at radius 2 is 2.16 bits per heavy atom. The van der Waals surface area contributed by atoms with Gasteiger partial charge in [-0.05, 0) is 62.8 Å². The van der Waals surface area contributed by atoms with Gasteiger partial charge in [0.2, 0.25) is 0 Å². The van der Waals surface area contributed by atoms with Gasteiger partial charge < -0.3 is 15.0 Å². The van der Waals surface area contributed by atoms with E-state index in [-0.39, 0.29) is 0 Å². The van der Waals surface area contributed by atoms with Crippen molar-refractivity contribution in [2.24, 2.45) is 5.92 Å². The number of aromatic nitrogens is 1. The van der Waals surface area contributed by atoms with Crippen LogP contribution in [0.2, 0.25) is 5.02 Å². The Bertz CT molecular complexity index is 693. The van der Waals surface area contributed by atoms with Crippen LogP contribution in [-0.2, 0) is 4.74 Å². The molecule has 0 aliphatic carbocycles. The van der Waals surface area contributed by atoms with Crippen LogP contribution in [-0.4, -0.2) is 43.9 Å². The summed E-state index contributed by atoms with van der Waals surface area (Å²) in [6.07, 6.45) is 6.23. The lowest BCUT2D eigenvalue weighted by atomic mass is 10.0. The molecule has 0 saturated carbocycles. The van der Waals surface area contributed by atoms with Crippen LogP contribution in [0.25, 0.3) is 10.2 Å². The second-order valence-corrected chi connectivity index (χ2v) is 8.64. The average Bonchev–Trinajstić information content (AvgIpc) is 3.28. The van der Waals surface area contributed by atoms with Gasteiger partial charge in [0.25, 0.3) is 0 Å². The number of halogens is 1. The van der Waals surface area contributed by atoms with E-state index in [1.165, 1.54) is 36.8 Å². The highest BCUT2D eigenvalue weighted by atomic mass is 35.5. The first-order valence-corrected chi connectivity index (χ1v) is 10.6. The van der Waals surface area contributed by atoms with E-state index in [0.29, 0.717) is 6.04 Å². The molecule has 3 heterocycles. The number of nitrogens with zero attached hydrogens (tertiary/aromatic N) is 2. The summed E-state index contributed by atoms with van der Waals surface area (Å²) in [5.41, 5.74) is 1.06. The standard InChI is InChI=1S/C19H26ClN3OS/c20-15-3-4-17-18(12-15)25-19(22-17)23-9-5-16(6-10-23)21-8-1-2-14-7-11-24-13-14/h3-4,12,14,16,21H,1-2,5-11,13H2/t14-/m0/s1. The molecule has 0 spiro atoms. The van der Waals surface area contributed by atoms with Crippen molar-refractivity contribution in [2.45, 2.75) is 38.1 Å². The van der Waals surface area contributed by atoms with E-state index >= 15 is 0 Å². The van der Waals surface area contributed by atoms with Gasteiger partial charge in [-0.1, -0.05) is 22.9 Å². The lowest BCUT2D eigenvalue weighted by Crippen LogP contribution is -2.42. The molecule has 1 aromatic heterocycles. The molecule has 1 N–H and O–H groups in total. The number of anilines is 1. The Balaban J connectivity index is 1.22. The highest BCUT2D eigenvalue weighted by Gasteiger charge is 2.21. The normalized spacial score (nSPS) is 22.1. The van der Waals surface area contributed by atoms with Crippen molar-refractivity contribution in [1.29, 1.82) is 0 Å². The smallest absolute Gasteiger partial charge is 0.186 e. The molecule has 0 amide bonds. The molecule has 6 heteroatoms. The molecule has 1 aromatic carbocycles. The van der Waals surface area contributed by atoms with Crippen molar-refractivity contribution in [1.82, 2.24) is 10.3 Å². The summed E-state index contributed by atoms with van der Waals surface area (Å²) in [5.74, 6) is 0.802. The van der Waals surface area contributed by atoms with Gasteiger partial charge in [-0.2, -0.15) is 0 Å². The van der Waals surface area contributed by atoms with Gasteiger partial charge in [-0.15, -0.1) is 0 Å². The minimum Gasteiger partial charge on any atom is -0.381 e. The number of hydrogen-bond acceptors (Lipinski definition) is 5. The Hall–Kier alpha value is -0.880. The number of hydrogen-bond donors (Lipinski definition) is 1. The molecule has 4 rings (SSSR count). The first-order valence-electron chi connectivity index (χ1n) is 9.40. The topological polar surface area (TPSA) is 37.4 Å². The van der Waals surface area contributed by atoms with Crippen molar-refractivity contribution in [3.63, 3.8) is 0 Å². The highest BCUT2D eigenvalue weighted by molar-refractivity contribution is 7.22. The van der Waals surface area contributed by atoms with E-state index in [0.717, 1.165) is 54.4 Å². The molecule has 2 aliphatic heterocycles. The summed E-state index contributed by atoms with van der Waals surface area (Å²) in [7, 11) is 0. The molecule has 2 fully saturated rings. The van der Waals surface area contributed by atoms with Crippen LogP contribution in [0.5, 0.6) is 0 Å². The molecule has 0 bridgehead atoms. The fraction of sp³-hybridized carbons (Fsp3) is 0.632. The van der Waals surface area contributed by atoms with Crippen LogP contribution in [0.1, 0.15) is 32.1 Å². The van der Waals surface area contributed by atoms with Crippen LogP contribution >= 0.6 is 22.9 Å². The molecular formula is C19H26ClN3OS. The number of piperidine rings is 1. The average molecular weight is 380 g/mol. The quantitative estimate of drug-likeness (QED) is 0.758. The second kappa shape index (κ2) is 8.21. The number of nitrogens with one attached hydrogen (secondary N) is 1. The van der Waals surface area contributed by atoms with Gasteiger partial charge in [0.1, 0.15) is 0 Å². The largest absolute Gasteiger partial charge is 0.381 e. The summed E-state index contributed by atoms with van der Waals surface area (Å²) >= 11 is 7.84. The Morgan fingerprint density at radius 3 is 2.96 bits per heavy atom. The lowest BCUT2D eigenvalue weighted by Gasteiger charge is -2.32. The predicted octanol–water partition coefficient (Wildman–Crippen LogP) is 4.32. The zero-order valence-electron chi connectivity index (χ0n) is 14.5. The van der Waals surface area contributed by atoms with E-state index < -0.39 is 0 Å². The third kappa shape index (κ3) is 4.45. The summed E-state index contributed by atoms with van der Waals surface area (Å²) in [4.78, 5) is 7.20. The zero-order valence-corrected chi connectivity index (χ0v) is 16.1. The monoisotopic (exact) mass is 379 g/mol. The number of thiazole rings is 1. The van der Waals surface area contributed by atoms with Crippen molar-refractivity contribution >= 4 is 38.3 Å². The molecule has 1 atom stereocenters. The molecular weight excluding hydrogens is 354 g/mol. The number of ether oxygens (including phenoxy) is 1. The van der Waals surface area contributed by atoms with Crippen molar-refractivity contribution in [3.8, 4) is 0 Å². The number of rotatable bonds is 6. The molecule has 2 aromatic rings. The molecule has 2 saturated heterocycles. The van der Waals surface area contributed by atoms with Crippen LogP contribution in [0.4, 0.5) is 5.13 Å². The first kappa shape index (κ1) is 17.5. The minimum absolute atomic E-state index is 0.653. The van der Waals surface area contributed by atoms with E-state index in [1.807, 2.05) is 18.2 Å². The SMILES string of the molecule is Clc1ccc2nc(N3CCC(NCCC[C@H]4CCOC4)CC3)sc2c1. The Labute approximate surface area is 158 Å². The Kier molecular flexibility index (Phi) is 5.76. The van der Waals surface area contributed by atoms with Gasteiger partial charge in [0.05, 0.1) is 10.2 Å². The maximum absolute atomic E-state index is 6.08. The van der Waals surface area contributed by atoms with E-state index in [1.54, 1.807) is 11.3 Å². The van der Waals surface area contributed by atoms with Gasteiger partial charge in [0.15, 0.2) is 5.13 Å². The fourth-order valence-corrected chi connectivity index (χ4v) is 5.10. The van der Waals surface area contributed by atoms with Crippen molar-refractivity contribution in [2.75, 3.05) is 37.7 Å². The Morgan fingerprint density at radius 1 is 1.28 bits per heavy atom. The molecule has 0 radical (unpaired) electrons. The van der Waals surface area contributed by atoms with E-state index in [4.69, 9.17) is 21.3 Å². The van der Waals surface area contributed by atoms with Gasteiger partial charge in [-0.3, -0.25) is 0 Å². The lowest BCUT2D eigenvalue weighted by molar-refractivity contribution is 0.183. The van der Waals surface area contributed by atoms with E-state index in [2.05, 4.69) is 10.2 Å². The summed E-state index contributed by atoms with van der Waals surface area (Å²) < 4.78 is 6.63. The van der Waals surface area contributed by atoms with Crippen LogP contribution in [0.3, 0.4) is 0 Å². The molecule has 0 unspecified atom stereocenters. The summed E-state index contributed by atoms with van der Waals surface area (Å²) in [6.45, 7) is 5.25. The van der Waals surface area contributed by atoms with Crippen LogP contribution in [0, 0.1) is 5.92 Å². The highest BCUT2D eigenvalue weighted by Crippen LogP contribution is 2.32. The summed E-state index contributed by atoms with van der Waals surface area (Å²) in [5, 5.41) is 5.67. The van der Waals surface area contributed by atoms with Gasteiger partial charge in [-0.25, -0.2) is 4.98 Å². The molecule has 4 nitrogen and oxygen atoms in total. The van der Waals surface area contributed by atoms with Gasteiger partial charge in [0, 0.05) is 37.4 Å². The molecule has 25 heavy (non-hydrogen) atoms. The van der Waals surface area contributed by atoms with Crippen LogP contribution in [0.15, 0.2) is 18.2 Å². The number of benzene rings is 1. The molecule has 2 aliphatic rings. The summed E-state index contributed by atoms with van der Waals surface area (Å²) in [6, 6.07) is 6.60. The maximum atomic E-state index is 6.08. The maximum Gasteiger partial charge on any atom is 0.186 e.